The van der Waals surface area contributed by atoms with Gasteiger partial charge in [-0.15, -0.1) is 24.0 Å². The summed E-state index contributed by atoms with van der Waals surface area (Å²) in [6.07, 6.45) is 0. The largest absolute Gasteiger partial charge is 0.495 e. The summed E-state index contributed by atoms with van der Waals surface area (Å²) in [5.74, 6) is 0.785. The molecule has 0 bridgehead atoms. The van der Waals surface area contributed by atoms with Gasteiger partial charge < -0.3 is 15.8 Å². The molecule has 0 atom stereocenters. The van der Waals surface area contributed by atoms with Crippen LogP contribution in [0.5, 0.6) is 5.75 Å². The lowest BCUT2D eigenvalue weighted by atomic mass is 10.2. The Bertz CT molecular complexity index is 874. The van der Waals surface area contributed by atoms with Crippen molar-refractivity contribution in [2.75, 3.05) is 19.5 Å². The number of methoxy groups -OCH3 is 1. The molecule has 4 N–H and O–H groups in total. The Morgan fingerprint density at radius 1 is 1.23 bits per heavy atom. The zero-order chi connectivity index (χ0) is 18.4. The molecule has 7 nitrogen and oxygen atoms in total. The Morgan fingerprint density at radius 2 is 1.88 bits per heavy atom. The third-order valence-corrected chi connectivity index (χ3v) is 5.08. The number of aliphatic imine (C=N–C) groups is 1. The zero-order valence-electron chi connectivity index (χ0n) is 14.2. The first-order valence-electron chi connectivity index (χ1n) is 7.28. The number of guanidine groups is 1. The number of sulfonamides is 1. The standard InChI is InChI=1S/C16H19ClN4O3S.HI/c1-19-25(22,23)13-6-3-11(4-7-13)10-20-16(18)21-12-5-8-15(24-2)14(17)9-12;/h3-9,19H,10H2,1-2H3,(H3,18,20,21);1H. The van der Waals surface area contributed by atoms with Crippen LogP contribution >= 0.6 is 35.6 Å². The van der Waals surface area contributed by atoms with Crippen molar-refractivity contribution in [3.8, 4) is 5.75 Å². The van der Waals surface area contributed by atoms with E-state index in [1.807, 2.05) is 0 Å². The first kappa shape index (κ1) is 22.5. The second-order valence-electron chi connectivity index (χ2n) is 5.03. The van der Waals surface area contributed by atoms with Crippen molar-refractivity contribution < 1.29 is 13.2 Å². The monoisotopic (exact) mass is 510 g/mol. The predicted octanol–water partition coefficient (Wildman–Crippen LogP) is 2.80. The highest BCUT2D eigenvalue weighted by Gasteiger charge is 2.10. The van der Waals surface area contributed by atoms with Gasteiger partial charge in [-0.3, -0.25) is 0 Å². The number of nitrogens with zero attached hydrogens (tertiary/aromatic N) is 1. The Hall–Kier alpha value is -1.56. The fourth-order valence-electron chi connectivity index (χ4n) is 2.00. The van der Waals surface area contributed by atoms with Gasteiger partial charge in [0, 0.05) is 5.69 Å². The average molecular weight is 511 g/mol. The number of rotatable bonds is 6. The molecule has 0 spiro atoms. The average Bonchev–Trinajstić information content (AvgIpc) is 2.60. The molecule has 2 aromatic carbocycles. The van der Waals surface area contributed by atoms with Gasteiger partial charge in [0.1, 0.15) is 5.75 Å². The van der Waals surface area contributed by atoms with Crippen LogP contribution in [0.1, 0.15) is 5.56 Å². The van der Waals surface area contributed by atoms with Crippen LogP contribution in [0.25, 0.3) is 0 Å². The molecule has 10 heteroatoms. The van der Waals surface area contributed by atoms with Crippen LogP contribution in [-0.2, 0) is 16.6 Å². The third kappa shape index (κ3) is 6.01. The molecule has 26 heavy (non-hydrogen) atoms. The summed E-state index contributed by atoms with van der Waals surface area (Å²) in [6, 6.07) is 11.6. The van der Waals surface area contributed by atoms with E-state index in [0.29, 0.717) is 23.0 Å². The molecule has 0 saturated heterocycles. The van der Waals surface area contributed by atoms with Crippen LogP contribution < -0.4 is 20.5 Å². The van der Waals surface area contributed by atoms with E-state index in [2.05, 4.69) is 15.0 Å². The van der Waals surface area contributed by atoms with E-state index in [0.717, 1.165) is 5.56 Å². The van der Waals surface area contributed by atoms with Crippen LogP contribution in [0.2, 0.25) is 5.02 Å². The molecular formula is C16H20ClIN4O3S. The minimum atomic E-state index is -3.44. The predicted molar refractivity (Wildman–Crippen MR) is 115 cm³/mol. The normalized spacial score (nSPS) is 11.6. The number of nitrogens with two attached hydrogens (primary N) is 1. The fraction of sp³-hybridized carbons (Fsp3) is 0.188. The SMILES string of the molecule is CNS(=O)(=O)c1ccc(CN=C(N)Nc2ccc(OC)c(Cl)c2)cc1.I. The molecular weight excluding hydrogens is 491 g/mol. The maximum absolute atomic E-state index is 11.7. The number of benzene rings is 2. The molecule has 0 aliphatic rings. The highest BCUT2D eigenvalue weighted by atomic mass is 127. The molecule has 0 unspecified atom stereocenters. The number of halogens is 2. The number of nitrogens with one attached hydrogen (secondary N) is 2. The zero-order valence-corrected chi connectivity index (χ0v) is 18.1. The maximum atomic E-state index is 11.7. The van der Waals surface area contributed by atoms with Gasteiger partial charge >= 0.3 is 0 Å². The summed E-state index contributed by atoms with van der Waals surface area (Å²) in [7, 11) is -0.537. The summed E-state index contributed by atoms with van der Waals surface area (Å²) in [4.78, 5) is 4.41. The maximum Gasteiger partial charge on any atom is 0.240 e. The summed E-state index contributed by atoms with van der Waals surface area (Å²) < 4.78 is 30.7. The number of ether oxygens (including phenoxy) is 1. The number of hydrogen-bond acceptors (Lipinski definition) is 4. The Balaban J connectivity index is 0.00000338. The van der Waals surface area contributed by atoms with Crippen LogP contribution in [0.3, 0.4) is 0 Å². The third-order valence-electron chi connectivity index (χ3n) is 3.36. The molecule has 0 saturated carbocycles. The topological polar surface area (TPSA) is 106 Å². The van der Waals surface area contributed by atoms with E-state index in [1.54, 1.807) is 30.3 Å². The lowest BCUT2D eigenvalue weighted by Crippen LogP contribution is -2.22. The van der Waals surface area contributed by atoms with E-state index in [1.165, 1.54) is 26.3 Å². The van der Waals surface area contributed by atoms with Crippen molar-refractivity contribution >= 4 is 57.2 Å². The van der Waals surface area contributed by atoms with Gasteiger partial charge in [0.15, 0.2) is 5.96 Å². The summed E-state index contributed by atoms with van der Waals surface area (Å²) >= 11 is 6.05. The Kier molecular flexibility index (Phi) is 8.60. The van der Waals surface area contributed by atoms with E-state index in [4.69, 9.17) is 22.1 Å². The number of anilines is 1. The van der Waals surface area contributed by atoms with Crippen molar-refractivity contribution in [1.29, 1.82) is 0 Å². The van der Waals surface area contributed by atoms with Crippen LogP contribution in [0.15, 0.2) is 52.4 Å². The fourth-order valence-corrected chi connectivity index (χ4v) is 2.99. The lowest BCUT2D eigenvalue weighted by molar-refractivity contribution is 0.415. The van der Waals surface area contributed by atoms with E-state index in [9.17, 15) is 8.42 Å². The molecule has 0 aliphatic carbocycles. The quantitative estimate of drug-likeness (QED) is 0.315. The summed E-state index contributed by atoms with van der Waals surface area (Å²) in [5, 5.41) is 3.39. The molecule has 0 heterocycles. The van der Waals surface area contributed by atoms with Crippen LogP contribution in [0, 0.1) is 0 Å². The molecule has 2 rings (SSSR count). The van der Waals surface area contributed by atoms with Crippen molar-refractivity contribution in [3.63, 3.8) is 0 Å². The summed E-state index contributed by atoms with van der Waals surface area (Å²) in [6.45, 7) is 0.308. The van der Waals surface area contributed by atoms with Crippen molar-refractivity contribution in [2.24, 2.45) is 10.7 Å². The first-order chi connectivity index (χ1) is 11.9. The molecule has 142 valence electrons. The van der Waals surface area contributed by atoms with Gasteiger partial charge in [0.2, 0.25) is 10.0 Å². The van der Waals surface area contributed by atoms with Gasteiger partial charge in [0.25, 0.3) is 0 Å². The molecule has 2 aromatic rings. The van der Waals surface area contributed by atoms with E-state index < -0.39 is 10.0 Å². The molecule has 0 radical (unpaired) electrons. The highest BCUT2D eigenvalue weighted by molar-refractivity contribution is 14.0. The molecule has 0 amide bonds. The van der Waals surface area contributed by atoms with Crippen molar-refractivity contribution in [2.45, 2.75) is 11.4 Å². The van der Waals surface area contributed by atoms with Crippen LogP contribution in [-0.4, -0.2) is 28.5 Å². The Morgan fingerprint density at radius 3 is 2.42 bits per heavy atom. The first-order valence-corrected chi connectivity index (χ1v) is 9.15. The minimum Gasteiger partial charge on any atom is -0.495 e. The number of hydrogen-bond donors (Lipinski definition) is 3. The Labute approximate surface area is 175 Å². The summed E-state index contributed by atoms with van der Waals surface area (Å²) in [5.41, 5.74) is 7.36. The van der Waals surface area contributed by atoms with Crippen molar-refractivity contribution in [1.82, 2.24) is 4.72 Å². The molecule has 0 fully saturated rings. The second kappa shape index (κ2) is 9.95. The minimum absolute atomic E-state index is 0. The van der Waals surface area contributed by atoms with Crippen molar-refractivity contribution in [3.05, 3.63) is 53.1 Å². The van der Waals surface area contributed by atoms with Gasteiger partial charge in [-0.25, -0.2) is 18.1 Å². The molecule has 0 aliphatic heterocycles. The highest BCUT2D eigenvalue weighted by Crippen LogP contribution is 2.27. The van der Waals surface area contributed by atoms with E-state index in [-0.39, 0.29) is 34.8 Å². The van der Waals surface area contributed by atoms with Gasteiger partial charge in [-0.2, -0.15) is 0 Å². The van der Waals surface area contributed by atoms with E-state index >= 15 is 0 Å². The van der Waals surface area contributed by atoms with Gasteiger partial charge in [0.05, 0.1) is 23.6 Å². The smallest absolute Gasteiger partial charge is 0.240 e. The molecule has 0 aromatic heterocycles. The van der Waals surface area contributed by atoms with Crippen LogP contribution in [0.4, 0.5) is 5.69 Å². The van der Waals surface area contributed by atoms with Gasteiger partial charge in [-0.05, 0) is 42.9 Å². The van der Waals surface area contributed by atoms with Gasteiger partial charge in [-0.1, -0.05) is 23.7 Å². The second-order valence-corrected chi connectivity index (χ2v) is 7.32. The lowest BCUT2D eigenvalue weighted by Gasteiger charge is -2.08.